The molecule has 1 saturated carbocycles. The van der Waals surface area contributed by atoms with E-state index >= 15 is 0 Å². The van der Waals surface area contributed by atoms with E-state index in [4.69, 9.17) is 11.6 Å². The molecular weight excluding hydrogens is 627 g/mol. The first-order valence-electron chi connectivity index (χ1n) is 14.8. The summed E-state index contributed by atoms with van der Waals surface area (Å²) in [5, 5.41) is 2.51. The van der Waals surface area contributed by atoms with Gasteiger partial charge in [0, 0.05) is 19.0 Å². The second-order valence-corrected chi connectivity index (χ2v) is 13.7. The molecule has 45 heavy (non-hydrogen) atoms. The van der Waals surface area contributed by atoms with Crippen molar-refractivity contribution < 1.29 is 31.2 Å². The van der Waals surface area contributed by atoms with Crippen LogP contribution >= 0.6 is 11.6 Å². The van der Waals surface area contributed by atoms with Gasteiger partial charge in [0.1, 0.15) is 12.6 Å². The van der Waals surface area contributed by atoms with Crippen LogP contribution in [0.4, 0.5) is 18.9 Å². The SMILES string of the molecule is Cc1ccccc1CN(C(=O)CN(c1ccc(Cl)c(C(F)(F)F)c1)S(C)(=O)=O)[C@@H](Cc1ccccc1)C(=O)NC1CCCCC1. The summed E-state index contributed by atoms with van der Waals surface area (Å²) in [6.45, 7) is 1.01. The lowest BCUT2D eigenvalue weighted by molar-refractivity contribution is -0.140. The van der Waals surface area contributed by atoms with E-state index in [1.54, 1.807) is 6.07 Å². The molecule has 0 spiro atoms. The number of carbonyl (C=O) groups excluding carboxylic acids is 2. The average molecular weight is 664 g/mol. The smallest absolute Gasteiger partial charge is 0.352 e. The van der Waals surface area contributed by atoms with Crippen LogP contribution in [0.5, 0.6) is 0 Å². The zero-order valence-electron chi connectivity index (χ0n) is 25.2. The summed E-state index contributed by atoms with van der Waals surface area (Å²) in [4.78, 5) is 29.6. The van der Waals surface area contributed by atoms with Crippen LogP contribution in [0.25, 0.3) is 0 Å². The van der Waals surface area contributed by atoms with Crippen molar-refractivity contribution in [1.82, 2.24) is 10.2 Å². The van der Waals surface area contributed by atoms with E-state index in [0.29, 0.717) is 10.4 Å². The van der Waals surface area contributed by atoms with Gasteiger partial charge < -0.3 is 10.2 Å². The molecule has 0 saturated heterocycles. The molecule has 3 aromatic rings. The monoisotopic (exact) mass is 663 g/mol. The Bertz CT molecular complexity index is 1600. The Kier molecular flexibility index (Phi) is 11.2. The molecule has 3 aromatic carbocycles. The molecule has 1 aliphatic carbocycles. The van der Waals surface area contributed by atoms with E-state index in [1.165, 1.54) is 4.90 Å². The van der Waals surface area contributed by atoms with Crippen LogP contribution in [0.2, 0.25) is 5.02 Å². The summed E-state index contributed by atoms with van der Waals surface area (Å²) in [6.07, 6.45) is 0.773. The van der Waals surface area contributed by atoms with Gasteiger partial charge in [-0.05, 0) is 54.7 Å². The number of rotatable bonds is 11. The molecule has 0 radical (unpaired) electrons. The van der Waals surface area contributed by atoms with Crippen molar-refractivity contribution in [2.75, 3.05) is 17.1 Å². The Morgan fingerprint density at radius 1 is 0.978 bits per heavy atom. The fourth-order valence-electron chi connectivity index (χ4n) is 5.57. The van der Waals surface area contributed by atoms with Crippen molar-refractivity contribution in [2.24, 2.45) is 0 Å². The van der Waals surface area contributed by atoms with Crippen molar-refractivity contribution in [3.63, 3.8) is 0 Å². The van der Waals surface area contributed by atoms with Crippen LogP contribution in [0.1, 0.15) is 54.4 Å². The zero-order chi connectivity index (χ0) is 32.8. The van der Waals surface area contributed by atoms with Gasteiger partial charge in [-0.2, -0.15) is 13.2 Å². The van der Waals surface area contributed by atoms with Gasteiger partial charge in [-0.3, -0.25) is 13.9 Å². The van der Waals surface area contributed by atoms with Gasteiger partial charge in [-0.25, -0.2) is 8.42 Å². The van der Waals surface area contributed by atoms with Crippen LogP contribution in [0.3, 0.4) is 0 Å². The maximum absolute atomic E-state index is 14.3. The number of sulfonamides is 1. The predicted molar refractivity (Wildman–Crippen MR) is 169 cm³/mol. The maximum Gasteiger partial charge on any atom is 0.417 e. The molecule has 0 heterocycles. The lowest BCUT2D eigenvalue weighted by atomic mass is 9.94. The highest BCUT2D eigenvalue weighted by Gasteiger charge is 2.37. The molecule has 1 N–H and O–H groups in total. The highest BCUT2D eigenvalue weighted by atomic mass is 35.5. The standard InChI is InChI=1S/C33H37ClF3N3O4S/c1-23-11-9-10-14-25(23)21-39(30(19-24-12-5-3-6-13-24)32(42)38-26-15-7-4-8-16-26)31(41)22-40(45(2,43)44)27-17-18-29(34)28(20-27)33(35,36)37/h3,5-6,9-14,17-18,20,26,30H,4,7-8,15-16,19,21-22H2,1-2H3,(H,38,42)/t30-/m0/s1. The van der Waals surface area contributed by atoms with Crippen LogP contribution in [0, 0.1) is 6.92 Å². The molecule has 0 aromatic heterocycles. The molecule has 0 bridgehead atoms. The van der Waals surface area contributed by atoms with Crippen molar-refractivity contribution >= 4 is 39.1 Å². The van der Waals surface area contributed by atoms with Gasteiger partial charge in [0.05, 0.1) is 22.5 Å². The maximum atomic E-state index is 14.3. The lowest BCUT2D eigenvalue weighted by Crippen LogP contribution is -2.55. The van der Waals surface area contributed by atoms with E-state index in [-0.39, 0.29) is 30.6 Å². The largest absolute Gasteiger partial charge is 0.417 e. The fourth-order valence-corrected chi connectivity index (χ4v) is 6.63. The van der Waals surface area contributed by atoms with E-state index < -0.39 is 45.3 Å². The van der Waals surface area contributed by atoms with E-state index in [1.807, 2.05) is 55.5 Å². The first kappa shape index (κ1) is 34.3. The highest BCUT2D eigenvalue weighted by Crippen LogP contribution is 2.37. The molecule has 1 atom stereocenters. The second-order valence-electron chi connectivity index (χ2n) is 11.4. The molecule has 1 aliphatic rings. The first-order chi connectivity index (χ1) is 21.2. The van der Waals surface area contributed by atoms with E-state index in [0.717, 1.165) is 67.2 Å². The van der Waals surface area contributed by atoms with Crippen LogP contribution in [0.15, 0.2) is 72.8 Å². The van der Waals surface area contributed by atoms with Crippen LogP contribution < -0.4 is 9.62 Å². The Labute approximate surface area is 267 Å². The van der Waals surface area contributed by atoms with E-state index in [9.17, 15) is 31.2 Å². The number of benzene rings is 3. The number of carbonyl (C=O) groups is 2. The normalized spacial score (nSPS) is 14.9. The number of aryl methyl sites for hydroxylation is 1. The van der Waals surface area contributed by atoms with E-state index in [2.05, 4.69) is 5.32 Å². The topological polar surface area (TPSA) is 86.8 Å². The number of halogens is 4. The zero-order valence-corrected chi connectivity index (χ0v) is 26.8. The van der Waals surface area contributed by atoms with Crippen molar-refractivity contribution in [3.8, 4) is 0 Å². The third-order valence-corrected chi connectivity index (χ3v) is 9.52. The Balaban J connectivity index is 1.76. The summed E-state index contributed by atoms with van der Waals surface area (Å²) < 4.78 is 67.6. The number of amides is 2. The number of nitrogens with one attached hydrogen (secondary N) is 1. The summed E-state index contributed by atoms with van der Waals surface area (Å²) in [5.41, 5.74) is 0.787. The Morgan fingerprint density at radius 3 is 2.24 bits per heavy atom. The molecule has 12 heteroatoms. The third kappa shape index (κ3) is 9.23. The molecule has 2 amide bonds. The number of nitrogens with zero attached hydrogens (tertiary/aromatic N) is 2. The minimum atomic E-state index is -4.85. The molecule has 0 unspecified atom stereocenters. The van der Waals surface area contributed by atoms with Crippen LogP contribution in [-0.2, 0) is 38.8 Å². The van der Waals surface area contributed by atoms with Gasteiger partial charge in [-0.15, -0.1) is 0 Å². The minimum Gasteiger partial charge on any atom is -0.352 e. The molecule has 0 aliphatic heterocycles. The number of hydrogen-bond acceptors (Lipinski definition) is 4. The molecule has 242 valence electrons. The summed E-state index contributed by atoms with van der Waals surface area (Å²) in [6, 6.07) is 18.1. The van der Waals surface area contributed by atoms with Gasteiger partial charge in [0.2, 0.25) is 21.8 Å². The lowest BCUT2D eigenvalue weighted by Gasteiger charge is -2.35. The molecule has 4 rings (SSSR count). The fraction of sp³-hybridized carbons (Fsp3) is 0.394. The summed E-state index contributed by atoms with van der Waals surface area (Å²) in [7, 11) is -4.26. The minimum absolute atomic E-state index is 0.0207. The van der Waals surface area contributed by atoms with Crippen molar-refractivity contribution in [1.29, 1.82) is 0 Å². The Morgan fingerprint density at radius 2 is 1.62 bits per heavy atom. The molecule has 7 nitrogen and oxygen atoms in total. The van der Waals surface area contributed by atoms with Crippen LogP contribution in [-0.4, -0.2) is 50.0 Å². The quantitative estimate of drug-likeness (QED) is 0.253. The number of alkyl halides is 3. The first-order valence-corrected chi connectivity index (χ1v) is 17.0. The van der Waals surface area contributed by atoms with Gasteiger partial charge in [0.15, 0.2) is 0 Å². The number of anilines is 1. The number of hydrogen-bond donors (Lipinski definition) is 1. The predicted octanol–water partition coefficient (Wildman–Crippen LogP) is 6.52. The van der Waals surface area contributed by atoms with Gasteiger partial charge in [-0.1, -0.05) is 85.5 Å². The highest BCUT2D eigenvalue weighted by molar-refractivity contribution is 7.92. The summed E-state index contributed by atoms with van der Waals surface area (Å²) >= 11 is 5.79. The summed E-state index contributed by atoms with van der Waals surface area (Å²) in [5.74, 6) is -1.11. The van der Waals surface area contributed by atoms with Gasteiger partial charge in [0.25, 0.3) is 0 Å². The molecular formula is C33H37ClF3N3O4S. The Hall–Kier alpha value is -3.57. The van der Waals surface area contributed by atoms with Crippen molar-refractivity contribution in [3.05, 3.63) is 100 Å². The van der Waals surface area contributed by atoms with Gasteiger partial charge >= 0.3 is 6.18 Å². The second kappa shape index (κ2) is 14.7. The third-order valence-electron chi connectivity index (χ3n) is 8.05. The van der Waals surface area contributed by atoms with Crippen molar-refractivity contribution in [2.45, 2.75) is 70.3 Å². The average Bonchev–Trinajstić information content (AvgIpc) is 2.98. The molecule has 1 fully saturated rings.